The Bertz CT molecular complexity index is 568. The average Bonchev–Trinajstić information content (AvgIpc) is 3.15. The van der Waals surface area contributed by atoms with E-state index in [0.29, 0.717) is 24.1 Å². The van der Waals surface area contributed by atoms with Gasteiger partial charge in [-0.05, 0) is 19.3 Å². The summed E-state index contributed by atoms with van der Waals surface area (Å²) in [5.74, 6) is -0.236. The molecule has 1 aliphatic heterocycles. The summed E-state index contributed by atoms with van der Waals surface area (Å²) in [6.45, 7) is 2.64. The number of aromatic nitrogens is 2. The van der Waals surface area contributed by atoms with Gasteiger partial charge < -0.3 is 10.2 Å². The van der Waals surface area contributed by atoms with Crippen LogP contribution in [0.2, 0.25) is 0 Å². The molecule has 1 atom stereocenters. The standard InChI is InChI=1S/C16H24N4O2S/c1-2-6-13-18-19-16(23-13)17-15(22)11-9-14(21)20(10-11)12-7-4-3-5-8-12/h11-12H,2-10H2,1H3,(H,17,19,22). The van der Waals surface area contributed by atoms with E-state index in [-0.39, 0.29) is 17.7 Å². The van der Waals surface area contributed by atoms with E-state index >= 15 is 0 Å². The van der Waals surface area contributed by atoms with Gasteiger partial charge in [0.15, 0.2) is 0 Å². The molecule has 1 aromatic heterocycles. The molecule has 2 fully saturated rings. The zero-order chi connectivity index (χ0) is 16.2. The fourth-order valence-electron chi connectivity index (χ4n) is 3.48. The molecule has 1 saturated carbocycles. The van der Waals surface area contributed by atoms with E-state index in [2.05, 4.69) is 22.4 Å². The van der Waals surface area contributed by atoms with Crippen LogP contribution in [0.4, 0.5) is 5.13 Å². The second-order valence-electron chi connectivity index (χ2n) is 6.48. The molecule has 0 spiro atoms. The van der Waals surface area contributed by atoms with E-state index in [1.165, 1.54) is 30.6 Å². The van der Waals surface area contributed by atoms with Gasteiger partial charge in [-0.25, -0.2) is 0 Å². The Morgan fingerprint density at radius 1 is 1.30 bits per heavy atom. The molecule has 3 rings (SSSR count). The molecule has 1 N–H and O–H groups in total. The number of hydrogen-bond donors (Lipinski definition) is 1. The first-order valence-corrected chi connectivity index (χ1v) is 9.41. The molecular formula is C16H24N4O2S. The van der Waals surface area contributed by atoms with E-state index in [1.54, 1.807) is 0 Å². The SMILES string of the molecule is CCCc1nnc(NC(=O)C2CC(=O)N(C3CCCCC3)C2)s1. The zero-order valence-electron chi connectivity index (χ0n) is 13.6. The lowest BCUT2D eigenvalue weighted by molar-refractivity contribution is -0.130. The number of carbonyl (C=O) groups is 2. The van der Waals surface area contributed by atoms with Crippen molar-refractivity contribution >= 4 is 28.3 Å². The predicted octanol–water partition coefficient (Wildman–Crippen LogP) is 2.61. The topological polar surface area (TPSA) is 75.2 Å². The van der Waals surface area contributed by atoms with Crippen molar-refractivity contribution in [3.8, 4) is 0 Å². The molecule has 2 heterocycles. The zero-order valence-corrected chi connectivity index (χ0v) is 14.4. The first-order chi connectivity index (χ1) is 11.2. The highest BCUT2D eigenvalue weighted by atomic mass is 32.1. The van der Waals surface area contributed by atoms with E-state index in [9.17, 15) is 9.59 Å². The summed E-state index contributed by atoms with van der Waals surface area (Å²) in [7, 11) is 0. The minimum atomic E-state index is -0.261. The van der Waals surface area contributed by atoms with Crippen molar-refractivity contribution in [1.29, 1.82) is 0 Å². The van der Waals surface area contributed by atoms with Gasteiger partial charge >= 0.3 is 0 Å². The molecule has 2 amide bonds. The summed E-state index contributed by atoms with van der Waals surface area (Å²) in [5, 5.41) is 12.4. The van der Waals surface area contributed by atoms with Gasteiger partial charge in [-0.3, -0.25) is 9.59 Å². The number of nitrogens with zero attached hydrogens (tertiary/aromatic N) is 3. The monoisotopic (exact) mass is 336 g/mol. The van der Waals surface area contributed by atoms with Crippen LogP contribution in [0, 0.1) is 5.92 Å². The molecule has 23 heavy (non-hydrogen) atoms. The summed E-state index contributed by atoms with van der Waals surface area (Å²) in [6, 6.07) is 0.340. The van der Waals surface area contributed by atoms with Gasteiger partial charge in [0, 0.05) is 25.4 Å². The number of likely N-dealkylation sites (tertiary alicyclic amines) is 1. The molecule has 6 nitrogen and oxygen atoms in total. The first-order valence-electron chi connectivity index (χ1n) is 8.60. The third-order valence-corrected chi connectivity index (χ3v) is 5.60. The van der Waals surface area contributed by atoms with Gasteiger partial charge in [-0.15, -0.1) is 10.2 Å². The number of anilines is 1. The Morgan fingerprint density at radius 3 is 2.83 bits per heavy atom. The summed E-state index contributed by atoms with van der Waals surface area (Å²) in [4.78, 5) is 26.6. The van der Waals surface area contributed by atoms with Gasteiger partial charge in [0.1, 0.15) is 5.01 Å². The fourth-order valence-corrected chi connectivity index (χ4v) is 4.32. The Morgan fingerprint density at radius 2 is 2.09 bits per heavy atom. The quantitative estimate of drug-likeness (QED) is 0.897. The largest absolute Gasteiger partial charge is 0.339 e. The van der Waals surface area contributed by atoms with Crippen molar-refractivity contribution in [3.63, 3.8) is 0 Å². The number of aryl methyl sites for hydroxylation is 1. The smallest absolute Gasteiger partial charge is 0.231 e. The summed E-state index contributed by atoms with van der Waals surface area (Å²) in [5.41, 5.74) is 0. The molecule has 2 aliphatic rings. The van der Waals surface area contributed by atoms with Crippen LogP contribution in [0.5, 0.6) is 0 Å². The van der Waals surface area contributed by atoms with Crippen LogP contribution in [-0.4, -0.2) is 39.5 Å². The van der Waals surface area contributed by atoms with Crippen molar-refractivity contribution in [2.24, 2.45) is 5.92 Å². The molecule has 1 unspecified atom stereocenters. The van der Waals surface area contributed by atoms with Crippen LogP contribution in [0.25, 0.3) is 0 Å². The Hall–Kier alpha value is -1.50. The Balaban J connectivity index is 1.56. The number of rotatable bonds is 5. The predicted molar refractivity (Wildman–Crippen MR) is 89.2 cm³/mol. The second-order valence-corrected chi connectivity index (χ2v) is 7.54. The van der Waals surface area contributed by atoms with Crippen molar-refractivity contribution < 1.29 is 9.59 Å². The lowest BCUT2D eigenvalue weighted by Crippen LogP contribution is -2.38. The van der Waals surface area contributed by atoms with Gasteiger partial charge in [0.25, 0.3) is 0 Å². The van der Waals surface area contributed by atoms with Crippen LogP contribution in [0.1, 0.15) is 56.9 Å². The Kier molecular flexibility index (Phi) is 5.25. The molecule has 0 aromatic carbocycles. The van der Waals surface area contributed by atoms with Crippen LogP contribution in [-0.2, 0) is 16.0 Å². The summed E-state index contributed by atoms with van der Waals surface area (Å²) < 4.78 is 0. The van der Waals surface area contributed by atoms with E-state index in [0.717, 1.165) is 30.7 Å². The highest BCUT2D eigenvalue weighted by molar-refractivity contribution is 7.15. The molecule has 0 bridgehead atoms. The maximum absolute atomic E-state index is 12.4. The van der Waals surface area contributed by atoms with Crippen molar-refractivity contribution in [2.75, 3.05) is 11.9 Å². The Labute approximate surface area is 140 Å². The van der Waals surface area contributed by atoms with Crippen LogP contribution < -0.4 is 5.32 Å². The van der Waals surface area contributed by atoms with Crippen molar-refractivity contribution in [3.05, 3.63) is 5.01 Å². The average molecular weight is 336 g/mol. The molecule has 1 aliphatic carbocycles. The maximum atomic E-state index is 12.4. The molecular weight excluding hydrogens is 312 g/mol. The number of hydrogen-bond acceptors (Lipinski definition) is 5. The summed E-state index contributed by atoms with van der Waals surface area (Å²) >= 11 is 1.42. The second kappa shape index (κ2) is 7.38. The van der Waals surface area contributed by atoms with Crippen LogP contribution in [0.3, 0.4) is 0 Å². The van der Waals surface area contributed by atoms with Gasteiger partial charge in [0.2, 0.25) is 16.9 Å². The highest BCUT2D eigenvalue weighted by Gasteiger charge is 2.38. The molecule has 7 heteroatoms. The van der Waals surface area contributed by atoms with Gasteiger partial charge in [0.05, 0.1) is 5.92 Å². The third kappa shape index (κ3) is 3.88. The number of nitrogens with one attached hydrogen (secondary N) is 1. The van der Waals surface area contributed by atoms with Crippen molar-refractivity contribution in [1.82, 2.24) is 15.1 Å². The maximum Gasteiger partial charge on any atom is 0.231 e. The number of carbonyl (C=O) groups excluding carboxylic acids is 2. The lowest BCUT2D eigenvalue weighted by Gasteiger charge is -2.31. The van der Waals surface area contributed by atoms with Crippen LogP contribution in [0.15, 0.2) is 0 Å². The molecule has 1 saturated heterocycles. The normalized spacial score (nSPS) is 22.6. The third-order valence-electron chi connectivity index (χ3n) is 4.71. The lowest BCUT2D eigenvalue weighted by atomic mass is 9.94. The van der Waals surface area contributed by atoms with E-state index in [4.69, 9.17) is 0 Å². The van der Waals surface area contributed by atoms with E-state index < -0.39 is 0 Å². The van der Waals surface area contributed by atoms with Crippen LogP contribution >= 0.6 is 11.3 Å². The minimum Gasteiger partial charge on any atom is -0.339 e. The van der Waals surface area contributed by atoms with Crippen molar-refractivity contribution in [2.45, 2.75) is 64.3 Å². The molecule has 0 radical (unpaired) electrons. The fraction of sp³-hybridized carbons (Fsp3) is 0.750. The molecule has 126 valence electrons. The van der Waals surface area contributed by atoms with E-state index in [1.807, 2.05) is 4.90 Å². The first kappa shape index (κ1) is 16.4. The highest BCUT2D eigenvalue weighted by Crippen LogP contribution is 2.29. The molecule has 1 aromatic rings. The number of amides is 2. The summed E-state index contributed by atoms with van der Waals surface area (Å²) in [6.07, 6.45) is 8.02. The minimum absolute atomic E-state index is 0.101. The van der Waals surface area contributed by atoms with Gasteiger partial charge in [-0.2, -0.15) is 0 Å². The van der Waals surface area contributed by atoms with Gasteiger partial charge in [-0.1, -0.05) is 37.5 Å².